The summed E-state index contributed by atoms with van der Waals surface area (Å²) in [7, 11) is -3.66. The highest BCUT2D eigenvalue weighted by Crippen LogP contribution is 2.32. The molecule has 0 spiro atoms. The van der Waals surface area contributed by atoms with E-state index < -0.39 is 10.0 Å². The molecule has 3 aromatic rings. The molecule has 2 aromatic carbocycles. The van der Waals surface area contributed by atoms with Gasteiger partial charge in [-0.3, -0.25) is 4.72 Å². The molecule has 0 aliphatic carbocycles. The second kappa shape index (κ2) is 5.09. The lowest BCUT2D eigenvalue weighted by molar-refractivity contribution is 0.599. The van der Waals surface area contributed by atoms with Gasteiger partial charge < -0.3 is 4.42 Å². The third kappa shape index (κ3) is 2.62. The van der Waals surface area contributed by atoms with Crippen molar-refractivity contribution in [1.29, 1.82) is 0 Å². The third-order valence-corrected chi connectivity index (χ3v) is 4.81. The molecule has 0 aliphatic heterocycles. The molecule has 0 bridgehead atoms. The van der Waals surface area contributed by atoms with Crippen LogP contribution in [0.1, 0.15) is 5.56 Å². The highest BCUT2D eigenvalue weighted by atomic mass is 35.5. The summed E-state index contributed by atoms with van der Waals surface area (Å²) in [5.74, 6) is 0. The molecule has 0 atom stereocenters. The van der Waals surface area contributed by atoms with Gasteiger partial charge in [-0.2, -0.15) is 0 Å². The van der Waals surface area contributed by atoms with Crippen LogP contribution in [0.5, 0.6) is 0 Å². The van der Waals surface area contributed by atoms with Crippen LogP contribution in [0, 0.1) is 6.92 Å². The van der Waals surface area contributed by atoms with Crippen LogP contribution in [0.25, 0.3) is 11.0 Å². The van der Waals surface area contributed by atoms with Gasteiger partial charge in [-0.15, -0.1) is 0 Å². The molecule has 1 N–H and O–H groups in total. The van der Waals surface area contributed by atoms with Crippen molar-refractivity contribution in [2.75, 3.05) is 4.72 Å². The molecule has 0 saturated carbocycles. The highest BCUT2D eigenvalue weighted by Gasteiger charge is 2.17. The molecule has 0 unspecified atom stereocenters. The zero-order valence-corrected chi connectivity index (χ0v) is 12.7. The molecule has 108 valence electrons. The highest BCUT2D eigenvalue weighted by molar-refractivity contribution is 7.92. The maximum atomic E-state index is 12.4. The number of rotatable bonds is 3. The van der Waals surface area contributed by atoms with E-state index >= 15 is 0 Å². The summed E-state index contributed by atoms with van der Waals surface area (Å²) < 4.78 is 32.6. The fourth-order valence-corrected chi connectivity index (χ4v) is 3.30. The van der Waals surface area contributed by atoms with Gasteiger partial charge in [0.25, 0.3) is 10.0 Å². The Morgan fingerprint density at radius 3 is 2.52 bits per heavy atom. The van der Waals surface area contributed by atoms with Crippen molar-refractivity contribution < 1.29 is 12.8 Å². The molecular formula is C15H12ClNO3S. The smallest absolute Gasteiger partial charge is 0.262 e. The SMILES string of the molecule is Cc1ccc(S(=O)(=O)Nc2coc3c(Cl)cccc23)cc1. The molecule has 0 saturated heterocycles. The van der Waals surface area contributed by atoms with Gasteiger partial charge in [0.15, 0.2) is 5.58 Å². The standard InChI is InChI=1S/C15H12ClNO3S/c1-10-5-7-11(8-6-10)21(18,19)17-14-9-20-15-12(14)3-2-4-13(15)16/h2-9,17H,1H3. The van der Waals surface area contributed by atoms with Gasteiger partial charge in [0.2, 0.25) is 0 Å². The third-order valence-electron chi connectivity index (χ3n) is 3.13. The monoisotopic (exact) mass is 321 g/mol. The maximum absolute atomic E-state index is 12.4. The van der Waals surface area contributed by atoms with E-state index in [1.54, 1.807) is 42.5 Å². The predicted molar refractivity (Wildman–Crippen MR) is 83.2 cm³/mol. The number of benzene rings is 2. The van der Waals surface area contributed by atoms with Gasteiger partial charge in [0.1, 0.15) is 6.26 Å². The Balaban J connectivity index is 2.01. The topological polar surface area (TPSA) is 59.3 Å². The second-order valence-electron chi connectivity index (χ2n) is 4.68. The zero-order chi connectivity index (χ0) is 15.0. The minimum atomic E-state index is -3.66. The number of aryl methyl sites for hydroxylation is 1. The van der Waals surface area contributed by atoms with Crippen molar-refractivity contribution in [3.05, 3.63) is 59.3 Å². The van der Waals surface area contributed by atoms with Crippen molar-refractivity contribution in [2.24, 2.45) is 0 Å². The van der Waals surface area contributed by atoms with E-state index in [1.807, 2.05) is 6.92 Å². The normalized spacial score (nSPS) is 11.7. The molecule has 0 amide bonds. The van der Waals surface area contributed by atoms with Gasteiger partial charge in [-0.25, -0.2) is 8.42 Å². The van der Waals surface area contributed by atoms with Crippen molar-refractivity contribution >= 4 is 38.3 Å². The van der Waals surface area contributed by atoms with E-state index in [0.717, 1.165) is 5.56 Å². The lowest BCUT2D eigenvalue weighted by Crippen LogP contribution is -2.12. The quantitative estimate of drug-likeness (QED) is 0.786. The summed E-state index contributed by atoms with van der Waals surface area (Å²) in [5.41, 5.74) is 1.82. The van der Waals surface area contributed by atoms with Crippen LogP contribution in [0.2, 0.25) is 5.02 Å². The minimum absolute atomic E-state index is 0.199. The molecule has 1 aromatic heterocycles. The first kappa shape index (κ1) is 14.0. The van der Waals surface area contributed by atoms with Crippen LogP contribution >= 0.6 is 11.6 Å². The van der Waals surface area contributed by atoms with Crippen LogP contribution in [-0.4, -0.2) is 8.42 Å². The Hall–Kier alpha value is -1.98. The lowest BCUT2D eigenvalue weighted by atomic mass is 10.2. The lowest BCUT2D eigenvalue weighted by Gasteiger charge is -2.06. The number of halogens is 1. The predicted octanol–water partition coefficient (Wildman–Crippen LogP) is 4.20. The van der Waals surface area contributed by atoms with Crippen LogP contribution in [0.4, 0.5) is 5.69 Å². The van der Waals surface area contributed by atoms with E-state index in [0.29, 0.717) is 21.7 Å². The van der Waals surface area contributed by atoms with Crippen molar-refractivity contribution in [3.8, 4) is 0 Å². The largest absolute Gasteiger partial charge is 0.460 e. The summed E-state index contributed by atoms with van der Waals surface area (Å²) in [4.78, 5) is 0.199. The fraction of sp³-hybridized carbons (Fsp3) is 0.0667. The molecule has 6 heteroatoms. The number of para-hydroxylation sites is 1. The molecule has 1 heterocycles. The van der Waals surface area contributed by atoms with E-state index in [4.69, 9.17) is 16.0 Å². The average molecular weight is 322 g/mol. The first-order valence-corrected chi connectivity index (χ1v) is 8.09. The van der Waals surface area contributed by atoms with Gasteiger partial charge in [-0.05, 0) is 31.2 Å². The Morgan fingerprint density at radius 2 is 1.81 bits per heavy atom. The van der Waals surface area contributed by atoms with Gasteiger partial charge >= 0.3 is 0 Å². The van der Waals surface area contributed by atoms with E-state index in [9.17, 15) is 8.42 Å². The summed E-state index contributed by atoms with van der Waals surface area (Å²) in [5, 5.41) is 1.06. The second-order valence-corrected chi connectivity index (χ2v) is 6.77. The van der Waals surface area contributed by atoms with Crippen LogP contribution in [0.3, 0.4) is 0 Å². The maximum Gasteiger partial charge on any atom is 0.262 e. The zero-order valence-electron chi connectivity index (χ0n) is 11.1. The van der Waals surface area contributed by atoms with Gasteiger partial charge in [0, 0.05) is 5.39 Å². The molecule has 0 aliphatic rings. The number of fused-ring (bicyclic) bond motifs is 1. The molecule has 4 nitrogen and oxygen atoms in total. The van der Waals surface area contributed by atoms with Crippen LogP contribution < -0.4 is 4.72 Å². The number of sulfonamides is 1. The first-order valence-electron chi connectivity index (χ1n) is 6.22. The van der Waals surface area contributed by atoms with E-state index in [2.05, 4.69) is 4.72 Å². The number of anilines is 1. The average Bonchev–Trinajstić information content (AvgIpc) is 2.83. The number of hydrogen-bond donors (Lipinski definition) is 1. The molecular weight excluding hydrogens is 310 g/mol. The van der Waals surface area contributed by atoms with Gasteiger partial charge in [-0.1, -0.05) is 35.4 Å². The fourth-order valence-electron chi connectivity index (χ4n) is 2.02. The number of nitrogens with one attached hydrogen (secondary N) is 1. The minimum Gasteiger partial charge on any atom is -0.460 e. The Morgan fingerprint density at radius 1 is 1.10 bits per heavy atom. The molecule has 21 heavy (non-hydrogen) atoms. The Labute approximate surface area is 127 Å². The summed E-state index contributed by atoms with van der Waals surface area (Å²) in [6.07, 6.45) is 1.35. The Kier molecular flexibility index (Phi) is 3.39. The Bertz CT molecular complexity index is 898. The summed E-state index contributed by atoms with van der Waals surface area (Å²) in [6.45, 7) is 1.90. The first-order chi connectivity index (χ1) is 9.97. The van der Waals surface area contributed by atoms with Gasteiger partial charge in [0.05, 0.1) is 15.6 Å². The molecule has 0 radical (unpaired) electrons. The number of furan rings is 1. The molecule has 0 fully saturated rings. The van der Waals surface area contributed by atoms with E-state index in [1.165, 1.54) is 6.26 Å². The van der Waals surface area contributed by atoms with Crippen LogP contribution in [-0.2, 0) is 10.0 Å². The van der Waals surface area contributed by atoms with E-state index in [-0.39, 0.29) is 4.90 Å². The summed E-state index contributed by atoms with van der Waals surface area (Å²) in [6, 6.07) is 11.8. The van der Waals surface area contributed by atoms with Crippen molar-refractivity contribution in [1.82, 2.24) is 0 Å². The molecule has 3 rings (SSSR count). The van der Waals surface area contributed by atoms with Crippen molar-refractivity contribution in [2.45, 2.75) is 11.8 Å². The number of hydrogen-bond acceptors (Lipinski definition) is 3. The van der Waals surface area contributed by atoms with Crippen LogP contribution in [0.15, 0.2) is 58.0 Å². The van der Waals surface area contributed by atoms with Crippen molar-refractivity contribution in [3.63, 3.8) is 0 Å². The summed E-state index contributed by atoms with van der Waals surface area (Å²) >= 11 is 6.01.